The van der Waals surface area contributed by atoms with Crippen molar-refractivity contribution < 1.29 is 0 Å². The van der Waals surface area contributed by atoms with E-state index in [4.69, 9.17) is 0 Å². The molecule has 0 aliphatic heterocycles. The van der Waals surface area contributed by atoms with E-state index in [0.717, 1.165) is 106 Å². The maximum Gasteiger partial charge on any atom is 0.0972 e. The molecule has 13 aromatic rings. The second-order valence-electron chi connectivity index (χ2n) is 19.3. The average Bonchev–Trinajstić information content (AvgIpc) is 4.15. The minimum atomic E-state index is -0.452. The van der Waals surface area contributed by atoms with Gasteiger partial charge in [0.15, 0.2) is 0 Å². The van der Waals surface area contributed by atoms with Crippen molar-refractivity contribution in [1.29, 1.82) is 10.5 Å². The van der Waals surface area contributed by atoms with Crippen molar-refractivity contribution in [2.45, 2.75) is 25.8 Å². The van der Waals surface area contributed by atoms with Crippen LogP contribution in [0.15, 0.2) is 205 Å². The molecule has 71 heavy (non-hydrogen) atoms. The van der Waals surface area contributed by atoms with E-state index in [2.05, 4.69) is 231 Å². The van der Waals surface area contributed by atoms with Crippen LogP contribution in [0.4, 0.5) is 0 Å². The summed E-state index contributed by atoms with van der Waals surface area (Å²) in [5, 5.41) is 35.8. The molecule has 2 aliphatic carbocycles. The van der Waals surface area contributed by atoms with Crippen molar-refractivity contribution in [3.05, 3.63) is 217 Å². The third-order valence-electron chi connectivity index (χ3n) is 15.8. The molecular formula is C65H42N6. The SMILES string of the molecule is CC1C(C#N)=C(n2c3ccc(-n4c5ccccc5c5ccccc54)cc3c3c4ccccc4ccc32)C=C(C#N)C1n1c2ccc(-n3c4c(c5ccccc53)C=CCC4)cc2c2c3ccccc3ccc21. The highest BCUT2D eigenvalue weighted by Crippen LogP contribution is 2.49. The van der Waals surface area contributed by atoms with Gasteiger partial charge in [0, 0.05) is 71.8 Å². The van der Waals surface area contributed by atoms with Crippen molar-refractivity contribution >= 4 is 110 Å². The van der Waals surface area contributed by atoms with Crippen molar-refractivity contribution in [2.24, 2.45) is 5.92 Å². The topological polar surface area (TPSA) is 67.3 Å². The number of rotatable bonds is 4. The molecule has 15 rings (SSSR count). The molecule has 9 aromatic carbocycles. The number of allylic oxidation sites excluding steroid dienone is 5. The minimum absolute atomic E-state index is 0.364. The number of hydrogen-bond donors (Lipinski definition) is 0. The van der Waals surface area contributed by atoms with Gasteiger partial charge in [0.25, 0.3) is 0 Å². The summed E-state index contributed by atoms with van der Waals surface area (Å²) in [5.41, 5.74) is 14.3. The Bertz CT molecular complexity index is 4640. The zero-order valence-electron chi connectivity index (χ0n) is 38.8. The van der Waals surface area contributed by atoms with E-state index in [9.17, 15) is 10.5 Å². The first-order chi connectivity index (χ1) is 35.1. The van der Waals surface area contributed by atoms with Gasteiger partial charge in [0.1, 0.15) is 0 Å². The molecule has 332 valence electrons. The molecule has 4 heterocycles. The summed E-state index contributed by atoms with van der Waals surface area (Å²) in [5.74, 6) is -0.364. The van der Waals surface area contributed by atoms with Crippen LogP contribution < -0.4 is 0 Å². The Balaban J connectivity index is 0.963. The fourth-order valence-electron chi connectivity index (χ4n) is 12.9. The fourth-order valence-corrected chi connectivity index (χ4v) is 12.9. The lowest BCUT2D eigenvalue weighted by molar-refractivity contribution is 0.481. The average molecular weight is 907 g/mol. The summed E-state index contributed by atoms with van der Waals surface area (Å²) in [4.78, 5) is 0. The van der Waals surface area contributed by atoms with Gasteiger partial charge in [-0.1, -0.05) is 134 Å². The number of fused-ring (bicyclic) bond motifs is 16. The van der Waals surface area contributed by atoms with Crippen LogP contribution in [0.5, 0.6) is 0 Å². The zero-order chi connectivity index (χ0) is 47.1. The van der Waals surface area contributed by atoms with E-state index >= 15 is 0 Å². The molecule has 0 fully saturated rings. The van der Waals surface area contributed by atoms with Crippen LogP contribution in [-0.4, -0.2) is 18.3 Å². The third-order valence-corrected chi connectivity index (χ3v) is 15.8. The highest BCUT2D eigenvalue weighted by atomic mass is 15.1. The van der Waals surface area contributed by atoms with E-state index in [0.29, 0.717) is 11.1 Å². The van der Waals surface area contributed by atoms with Gasteiger partial charge in [0.05, 0.1) is 68.1 Å². The Kier molecular flexibility index (Phi) is 8.27. The minimum Gasteiger partial charge on any atom is -0.331 e. The first-order valence-electron chi connectivity index (χ1n) is 24.5. The smallest absolute Gasteiger partial charge is 0.0972 e. The van der Waals surface area contributed by atoms with E-state index in [1.54, 1.807) is 0 Å². The highest BCUT2D eigenvalue weighted by molar-refractivity contribution is 6.23. The second-order valence-corrected chi connectivity index (χ2v) is 19.3. The van der Waals surface area contributed by atoms with Gasteiger partial charge in [-0.3, -0.25) is 0 Å². The Hall–Kier alpha value is -9.36. The molecule has 2 atom stereocenters. The molecule has 0 radical (unpaired) electrons. The standard InChI is InChI=1S/C65H42N6/c1-39-53(38-67)62(70-58-32-28-43(35-51(58)63-45-16-4-2-14-40(45)26-30-60(63)70)68-54-22-10-6-18-47(54)48-19-7-11-23-55(48)68)34-42(37-66)65(39)71-59-33-29-44(36-52(59)64-46-17-5-3-15-41(46)27-31-61(64)71)69-56-24-12-8-20-49(56)50-21-9-13-25-57(50)69/h2-12,14-24,26-36,39,65H,13,25H2,1H3. The van der Waals surface area contributed by atoms with Crippen LogP contribution >= 0.6 is 0 Å². The summed E-state index contributed by atoms with van der Waals surface area (Å²) in [6, 6.07) is 70.5. The molecule has 6 nitrogen and oxygen atoms in total. The molecule has 6 heteroatoms. The highest BCUT2D eigenvalue weighted by Gasteiger charge is 2.36. The van der Waals surface area contributed by atoms with Crippen LogP contribution in [0.3, 0.4) is 0 Å². The van der Waals surface area contributed by atoms with Gasteiger partial charge in [0.2, 0.25) is 0 Å². The molecular weight excluding hydrogens is 865 g/mol. The van der Waals surface area contributed by atoms with Crippen molar-refractivity contribution in [2.75, 3.05) is 0 Å². The molecule has 0 bridgehead atoms. The number of hydrogen-bond acceptors (Lipinski definition) is 2. The quantitative estimate of drug-likeness (QED) is 0.177. The second kappa shape index (κ2) is 14.8. The monoisotopic (exact) mass is 906 g/mol. The Morgan fingerprint density at radius 3 is 1.65 bits per heavy atom. The van der Waals surface area contributed by atoms with Crippen LogP contribution in [0.2, 0.25) is 0 Å². The third kappa shape index (κ3) is 5.39. The maximum absolute atomic E-state index is 11.5. The van der Waals surface area contributed by atoms with E-state index in [1.807, 2.05) is 6.08 Å². The molecule has 0 amide bonds. The Morgan fingerprint density at radius 1 is 0.465 bits per heavy atom. The van der Waals surface area contributed by atoms with Crippen LogP contribution in [0.1, 0.15) is 30.6 Å². The summed E-state index contributed by atoms with van der Waals surface area (Å²) in [7, 11) is 0. The number of para-hydroxylation sites is 3. The van der Waals surface area contributed by atoms with E-state index < -0.39 is 6.04 Å². The van der Waals surface area contributed by atoms with E-state index in [-0.39, 0.29) is 5.92 Å². The normalized spacial score (nSPS) is 16.1. The lowest BCUT2D eigenvalue weighted by Gasteiger charge is -2.32. The zero-order valence-corrected chi connectivity index (χ0v) is 38.8. The molecule has 4 aromatic heterocycles. The van der Waals surface area contributed by atoms with Gasteiger partial charge in [-0.05, 0) is 107 Å². The van der Waals surface area contributed by atoms with Gasteiger partial charge in [-0.25, -0.2) is 0 Å². The van der Waals surface area contributed by atoms with Crippen LogP contribution in [-0.2, 0) is 6.42 Å². The molecule has 2 aliphatic rings. The van der Waals surface area contributed by atoms with Crippen molar-refractivity contribution in [3.8, 4) is 23.5 Å². The molecule has 0 saturated heterocycles. The Labute approximate surface area is 408 Å². The number of benzene rings is 9. The maximum atomic E-state index is 11.5. The lowest BCUT2D eigenvalue weighted by Crippen LogP contribution is -2.25. The molecule has 0 saturated carbocycles. The number of nitriles is 2. The molecule has 0 N–H and O–H groups in total. The Morgan fingerprint density at radius 2 is 0.986 bits per heavy atom. The van der Waals surface area contributed by atoms with Gasteiger partial charge in [-0.15, -0.1) is 0 Å². The summed E-state index contributed by atoms with van der Waals surface area (Å²) in [6.45, 7) is 2.13. The number of nitrogens with zero attached hydrogens (tertiary/aromatic N) is 6. The van der Waals surface area contributed by atoms with Crippen molar-refractivity contribution in [3.63, 3.8) is 0 Å². The largest absolute Gasteiger partial charge is 0.331 e. The van der Waals surface area contributed by atoms with Gasteiger partial charge < -0.3 is 18.3 Å². The van der Waals surface area contributed by atoms with Gasteiger partial charge >= 0.3 is 0 Å². The predicted molar refractivity (Wildman–Crippen MR) is 293 cm³/mol. The first-order valence-corrected chi connectivity index (χ1v) is 24.5. The lowest BCUT2D eigenvalue weighted by atomic mass is 9.82. The number of aromatic nitrogens is 4. The predicted octanol–water partition coefficient (Wildman–Crippen LogP) is 16.3. The fraction of sp³-hybridized carbons (Fsp3) is 0.0769. The van der Waals surface area contributed by atoms with E-state index in [1.165, 1.54) is 32.9 Å². The van der Waals surface area contributed by atoms with Crippen LogP contribution in [0.25, 0.3) is 121 Å². The first kappa shape index (κ1) is 39.6. The molecule has 0 spiro atoms. The van der Waals surface area contributed by atoms with Gasteiger partial charge in [-0.2, -0.15) is 10.5 Å². The summed E-state index contributed by atoms with van der Waals surface area (Å²) < 4.78 is 9.43. The van der Waals surface area contributed by atoms with Crippen molar-refractivity contribution in [1.82, 2.24) is 18.3 Å². The molecule has 2 unspecified atom stereocenters. The van der Waals surface area contributed by atoms with Crippen LogP contribution in [0, 0.1) is 28.6 Å². The summed E-state index contributed by atoms with van der Waals surface area (Å²) in [6.07, 6.45) is 8.56. The summed E-state index contributed by atoms with van der Waals surface area (Å²) >= 11 is 0.